The number of hydrogen-bond donors (Lipinski definition) is 4. The van der Waals surface area contributed by atoms with Crippen LogP contribution in [0.2, 0.25) is 0 Å². The van der Waals surface area contributed by atoms with Crippen LogP contribution in [-0.2, 0) is 0 Å². The number of hydrogen-bond acceptors (Lipinski definition) is 5. The van der Waals surface area contributed by atoms with E-state index in [-0.39, 0.29) is 16.5 Å². The molecule has 0 radical (unpaired) electrons. The number of benzene rings is 1. The molecule has 25 heavy (non-hydrogen) atoms. The van der Waals surface area contributed by atoms with Gasteiger partial charge in [0.25, 0.3) is 11.1 Å². The van der Waals surface area contributed by atoms with E-state index >= 15 is 0 Å². The standard InChI is InChI=1S/C16H15N5O3S/c22-13-9-5-2-6-10(12(9)14(23)21-20-13)18-15(24)19-16-17-7-11(25-16)8-3-1-4-8/h2,5-8H,1,3-4H2,(H,20,22)(H,21,23)(H2,17,18,19,24). The van der Waals surface area contributed by atoms with E-state index in [1.165, 1.54) is 41.5 Å². The Morgan fingerprint density at radius 1 is 1.16 bits per heavy atom. The van der Waals surface area contributed by atoms with E-state index in [9.17, 15) is 14.4 Å². The molecule has 4 rings (SSSR count). The van der Waals surface area contributed by atoms with Crippen LogP contribution in [0.5, 0.6) is 0 Å². The molecule has 1 aliphatic carbocycles. The number of amides is 2. The third-order valence-corrected chi connectivity index (χ3v) is 5.40. The second kappa shape index (κ2) is 6.17. The summed E-state index contributed by atoms with van der Waals surface area (Å²) < 4.78 is 0. The summed E-state index contributed by atoms with van der Waals surface area (Å²) in [5.74, 6) is 0.555. The van der Waals surface area contributed by atoms with Crippen LogP contribution in [-0.4, -0.2) is 21.2 Å². The van der Waals surface area contributed by atoms with Crippen molar-refractivity contribution < 1.29 is 4.79 Å². The summed E-state index contributed by atoms with van der Waals surface area (Å²) in [5, 5.41) is 10.7. The van der Waals surface area contributed by atoms with Crippen molar-refractivity contribution in [2.75, 3.05) is 10.6 Å². The minimum Gasteiger partial charge on any atom is -0.307 e. The van der Waals surface area contributed by atoms with E-state index in [1.807, 2.05) is 0 Å². The molecular formula is C16H15N5O3S. The highest BCUT2D eigenvalue weighted by atomic mass is 32.1. The number of aromatic amines is 2. The van der Waals surface area contributed by atoms with Crippen LogP contribution in [0.3, 0.4) is 0 Å². The van der Waals surface area contributed by atoms with E-state index < -0.39 is 17.1 Å². The lowest BCUT2D eigenvalue weighted by Crippen LogP contribution is -2.23. The summed E-state index contributed by atoms with van der Waals surface area (Å²) in [6.07, 6.45) is 5.37. The average Bonchev–Trinajstić information content (AvgIpc) is 2.97. The van der Waals surface area contributed by atoms with Crippen molar-refractivity contribution in [3.8, 4) is 0 Å². The number of nitrogens with one attached hydrogen (secondary N) is 4. The van der Waals surface area contributed by atoms with Gasteiger partial charge in [0.15, 0.2) is 5.13 Å². The van der Waals surface area contributed by atoms with Crippen LogP contribution in [0.1, 0.15) is 30.1 Å². The molecule has 3 aromatic rings. The summed E-state index contributed by atoms with van der Waals surface area (Å²) in [7, 11) is 0. The van der Waals surface area contributed by atoms with Crippen molar-refractivity contribution >= 4 is 39.0 Å². The Hall–Kier alpha value is -2.94. The number of thiazole rings is 1. The van der Waals surface area contributed by atoms with E-state index in [0.29, 0.717) is 11.0 Å². The lowest BCUT2D eigenvalue weighted by molar-refractivity contribution is 0.262. The molecule has 1 aromatic carbocycles. The van der Waals surface area contributed by atoms with Crippen molar-refractivity contribution in [2.24, 2.45) is 0 Å². The van der Waals surface area contributed by atoms with Gasteiger partial charge in [0.1, 0.15) is 0 Å². The van der Waals surface area contributed by atoms with E-state index in [0.717, 1.165) is 0 Å². The third kappa shape index (κ3) is 2.93. The smallest absolute Gasteiger partial charge is 0.307 e. The molecule has 0 unspecified atom stereocenters. The summed E-state index contributed by atoms with van der Waals surface area (Å²) in [6, 6.07) is 4.18. The van der Waals surface area contributed by atoms with E-state index in [4.69, 9.17) is 0 Å². The fourth-order valence-corrected chi connectivity index (χ4v) is 3.79. The Balaban J connectivity index is 1.56. The quantitative estimate of drug-likeness (QED) is 0.576. The zero-order chi connectivity index (χ0) is 17.4. The molecule has 0 spiro atoms. The Kier molecular flexibility index (Phi) is 3.85. The summed E-state index contributed by atoms with van der Waals surface area (Å²) >= 11 is 1.46. The molecule has 1 fully saturated rings. The van der Waals surface area contributed by atoms with Crippen LogP contribution in [0, 0.1) is 0 Å². The molecule has 0 aliphatic heterocycles. The first kappa shape index (κ1) is 15.6. The normalized spacial score (nSPS) is 14.2. The van der Waals surface area contributed by atoms with Crippen molar-refractivity contribution in [1.29, 1.82) is 0 Å². The lowest BCUT2D eigenvalue weighted by atomic mass is 9.85. The van der Waals surface area contributed by atoms with E-state index in [2.05, 4.69) is 25.8 Å². The molecule has 4 N–H and O–H groups in total. The SMILES string of the molecule is O=C(Nc1ncc(C2CCC2)s1)Nc1cccc2c(=O)[nH][nH]c(=O)c12. The van der Waals surface area contributed by atoms with Gasteiger partial charge in [0.05, 0.1) is 16.5 Å². The molecule has 128 valence electrons. The number of nitrogens with zero attached hydrogens (tertiary/aromatic N) is 1. The first-order valence-electron chi connectivity index (χ1n) is 7.89. The minimum atomic E-state index is -0.512. The molecule has 1 aliphatic rings. The second-order valence-corrected chi connectivity index (χ2v) is 6.97. The van der Waals surface area contributed by atoms with Crippen molar-refractivity contribution in [1.82, 2.24) is 15.2 Å². The number of fused-ring (bicyclic) bond motifs is 1. The summed E-state index contributed by atoms with van der Waals surface area (Å²) in [5.41, 5.74) is -0.645. The number of urea groups is 1. The molecule has 8 nitrogen and oxygen atoms in total. The zero-order valence-electron chi connectivity index (χ0n) is 13.1. The number of anilines is 2. The van der Waals surface area contributed by atoms with Crippen molar-refractivity contribution in [3.05, 3.63) is 50.0 Å². The Labute approximate surface area is 145 Å². The molecule has 9 heteroatoms. The molecule has 2 aromatic heterocycles. The van der Waals surface area contributed by atoms with Crippen LogP contribution in [0.4, 0.5) is 15.6 Å². The van der Waals surface area contributed by atoms with Crippen LogP contribution >= 0.6 is 11.3 Å². The predicted molar refractivity (Wildman–Crippen MR) is 96.5 cm³/mol. The molecular weight excluding hydrogens is 342 g/mol. The third-order valence-electron chi connectivity index (χ3n) is 4.33. The van der Waals surface area contributed by atoms with Crippen LogP contribution < -0.4 is 21.8 Å². The Morgan fingerprint density at radius 2 is 1.96 bits per heavy atom. The summed E-state index contributed by atoms with van der Waals surface area (Å²) in [6.45, 7) is 0. The van der Waals surface area contributed by atoms with Crippen molar-refractivity contribution in [2.45, 2.75) is 25.2 Å². The zero-order valence-corrected chi connectivity index (χ0v) is 13.9. The van der Waals surface area contributed by atoms with Crippen molar-refractivity contribution in [3.63, 3.8) is 0 Å². The highest BCUT2D eigenvalue weighted by Crippen LogP contribution is 2.39. The van der Waals surface area contributed by atoms with Gasteiger partial charge in [-0.05, 0) is 30.9 Å². The number of rotatable bonds is 3. The van der Waals surface area contributed by atoms with Gasteiger partial charge in [-0.15, -0.1) is 11.3 Å². The lowest BCUT2D eigenvalue weighted by Gasteiger charge is -2.23. The monoisotopic (exact) mass is 357 g/mol. The maximum atomic E-state index is 12.2. The van der Waals surface area contributed by atoms with Gasteiger partial charge in [-0.1, -0.05) is 12.5 Å². The number of aromatic nitrogens is 3. The Morgan fingerprint density at radius 3 is 2.72 bits per heavy atom. The second-order valence-electron chi connectivity index (χ2n) is 5.91. The number of carbonyl (C=O) groups is 1. The predicted octanol–water partition coefficient (Wildman–Crippen LogP) is 2.58. The topological polar surface area (TPSA) is 120 Å². The van der Waals surface area contributed by atoms with Gasteiger partial charge in [0, 0.05) is 11.1 Å². The van der Waals surface area contributed by atoms with Crippen LogP contribution in [0.25, 0.3) is 10.8 Å². The largest absolute Gasteiger partial charge is 0.325 e. The summed E-state index contributed by atoms with van der Waals surface area (Å²) in [4.78, 5) is 41.4. The molecule has 1 saturated carbocycles. The first-order valence-corrected chi connectivity index (χ1v) is 8.71. The highest BCUT2D eigenvalue weighted by molar-refractivity contribution is 7.15. The van der Waals surface area contributed by atoms with Gasteiger partial charge in [-0.25, -0.2) is 9.78 Å². The molecule has 2 amide bonds. The fraction of sp³-hybridized carbons (Fsp3) is 0.250. The molecule has 0 bridgehead atoms. The average molecular weight is 357 g/mol. The van der Waals surface area contributed by atoms with Gasteiger partial charge >= 0.3 is 6.03 Å². The number of H-pyrrole nitrogens is 2. The van der Waals surface area contributed by atoms with Gasteiger partial charge in [-0.3, -0.25) is 25.1 Å². The van der Waals surface area contributed by atoms with Gasteiger partial charge < -0.3 is 5.32 Å². The number of carbonyl (C=O) groups excluding carboxylic acids is 1. The van der Waals surface area contributed by atoms with Crippen LogP contribution in [0.15, 0.2) is 34.0 Å². The van der Waals surface area contributed by atoms with Gasteiger partial charge in [0.2, 0.25) is 0 Å². The molecule has 0 saturated heterocycles. The van der Waals surface area contributed by atoms with Gasteiger partial charge in [-0.2, -0.15) is 0 Å². The maximum Gasteiger partial charge on any atom is 0.325 e. The fourth-order valence-electron chi connectivity index (χ4n) is 2.81. The molecule has 0 atom stereocenters. The Bertz CT molecular complexity index is 1060. The maximum absolute atomic E-state index is 12.2. The minimum absolute atomic E-state index is 0.135. The highest BCUT2D eigenvalue weighted by Gasteiger charge is 2.22. The van der Waals surface area contributed by atoms with E-state index in [1.54, 1.807) is 18.3 Å². The first-order chi connectivity index (χ1) is 12.1. The molecule has 2 heterocycles.